The molecular weight excluding hydrogens is 336 g/mol. The second kappa shape index (κ2) is 8.41. The zero-order valence-corrected chi connectivity index (χ0v) is 13.7. The van der Waals surface area contributed by atoms with Crippen LogP contribution in [0.1, 0.15) is 30.1 Å². The molecule has 21 heavy (non-hydrogen) atoms. The fourth-order valence-electron chi connectivity index (χ4n) is 1.59. The number of rotatable bonds is 6. The van der Waals surface area contributed by atoms with Crippen molar-refractivity contribution in [3.05, 3.63) is 34.6 Å². The van der Waals surface area contributed by atoms with Gasteiger partial charge in [0.15, 0.2) is 0 Å². The van der Waals surface area contributed by atoms with Gasteiger partial charge in [0.2, 0.25) is 5.91 Å². The van der Waals surface area contributed by atoms with Gasteiger partial charge >= 0.3 is 0 Å². The summed E-state index contributed by atoms with van der Waals surface area (Å²) in [7, 11) is 1.81. The normalized spacial score (nSPS) is 11.1. The number of amidine groups is 1. The molecule has 7 heteroatoms. The molecule has 3 N–H and O–H groups in total. The second-order valence-electron chi connectivity index (χ2n) is 4.60. The molecule has 0 saturated heterocycles. The Morgan fingerprint density at radius 3 is 2.76 bits per heavy atom. The highest BCUT2D eigenvalue weighted by Gasteiger charge is 2.09. The average Bonchev–Trinajstić information content (AvgIpc) is 2.82. The molecule has 0 bridgehead atoms. The Hall–Kier alpha value is -1.89. The molecule has 0 saturated carbocycles. The van der Waals surface area contributed by atoms with E-state index in [9.17, 15) is 9.59 Å². The summed E-state index contributed by atoms with van der Waals surface area (Å²) in [6.07, 6.45) is 6.47. The summed E-state index contributed by atoms with van der Waals surface area (Å²) < 4.78 is 2.75. The molecular formula is C14H19BrN4O2. The minimum absolute atomic E-state index is 0.138. The topological polar surface area (TPSA) is 87.0 Å². The lowest BCUT2D eigenvalue weighted by atomic mass is 10.2. The number of nitrogens with one attached hydrogen (secondary N) is 3. The molecule has 0 aliphatic rings. The highest BCUT2D eigenvalue weighted by Crippen LogP contribution is 2.04. The van der Waals surface area contributed by atoms with E-state index in [1.807, 2.05) is 20.0 Å². The summed E-state index contributed by atoms with van der Waals surface area (Å²) in [5.74, 6) is -0.571. The van der Waals surface area contributed by atoms with Crippen molar-refractivity contribution in [1.82, 2.24) is 15.2 Å². The van der Waals surface area contributed by atoms with Crippen LogP contribution < -0.4 is 10.6 Å². The number of carbonyl (C=O) groups excluding carboxylic acids is 2. The summed E-state index contributed by atoms with van der Waals surface area (Å²) in [5, 5.41) is 12.6. The van der Waals surface area contributed by atoms with Crippen molar-refractivity contribution in [1.29, 1.82) is 5.41 Å². The summed E-state index contributed by atoms with van der Waals surface area (Å²) in [5.41, 5.74) is 0.498. The van der Waals surface area contributed by atoms with E-state index in [1.165, 1.54) is 0 Å². The molecule has 0 radical (unpaired) electrons. The predicted molar refractivity (Wildman–Crippen MR) is 85.5 cm³/mol. The summed E-state index contributed by atoms with van der Waals surface area (Å²) in [4.78, 5) is 23.3. The van der Waals surface area contributed by atoms with Gasteiger partial charge in [-0.1, -0.05) is 22.0 Å². The third-order valence-corrected chi connectivity index (χ3v) is 2.94. The molecule has 0 fully saturated rings. The molecule has 2 amide bonds. The largest absolute Gasteiger partial charge is 0.356 e. The van der Waals surface area contributed by atoms with Crippen molar-refractivity contribution >= 4 is 33.6 Å². The molecule has 0 aliphatic heterocycles. The SMILES string of the molecule is C/C(Br)=C\CCC(=N)NC(=O)CNC(=O)c1ccn(C)c1. The molecule has 0 atom stereocenters. The number of allylic oxidation sites excluding steroid dienone is 2. The van der Waals surface area contributed by atoms with Gasteiger partial charge in [-0.25, -0.2) is 0 Å². The molecule has 1 aromatic heterocycles. The van der Waals surface area contributed by atoms with Gasteiger partial charge in [0.25, 0.3) is 5.91 Å². The molecule has 114 valence electrons. The highest BCUT2D eigenvalue weighted by molar-refractivity contribution is 9.11. The first-order valence-corrected chi connectivity index (χ1v) is 7.27. The van der Waals surface area contributed by atoms with Crippen LogP contribution in [0.3, 0.4) is 0 Å². The standard InChI is InChI=1S/C14H19BrN4O2/c1-10(15)4-3-5-12(16)18-13(20)8-17-14(21)11-6-7-19(2)9-11/h4,6-7,9H,3,5,8H2,1-2H3,(H,17,21)(H2,16,18,20)/b10-4+. The van der Waals surface area contributed by atoms with Gasteiger partial charge in [-0.15, -0.1) is 0 Å². The lowest BCUT2D eigenvalue weighted by Gasteiger charge is -2.06. The van der Waals surface area contributed by atoms with Crippen molar-refractivity contribution in [2.45, 2.75) is 19.8 Å². The van der Waals surface area contributed by atoms with Crippen LogP contribution in [0.25, 0.3) is 0 Å². The maximum Gasteiger partial charge on any atom is 0.253 e. The molecule has 1 aromatic rings. The van der Waals surface area contributed by atoms with Crippen molar-refractivity contribution in [2.24, 2.45) is 7.05 Å². The van der Waals surface area contributed by atoms with Gasteiger partial charge in [0.05, 0.1) is 12.1 Å². The van der Waals surface area contributed by atoms with Gasteiger partial charge in [-0.2, -0.15) is 0 Å². The Kier molecular flexibility index (Phi) is 6.87. The molecule has 1 rings (SSSR count). The quantitative estimate of drug-likeness (QED) is 0.538. The zero-order valence-electron chi connectivity index (χ0n) is 12.1. The van der Waals surface area contributed by atoms with Crippen LogP contribution in [0.2, 0.25) is 0 Å². The maximum absolute atomic E-state index is 11.7. The smallest absolute Gasteiger partial charge is 0.253 e. The van der Waals surface area contributed by atoms with E-state index < -0.39 is 5.91 Å². The fourth-order valence-corrected chi connectivity index (χ4v) is 1.82. The number of halogens is 1. The maximum atomic E-state index is 11.7. The third kappa shape index (κ3) is 6.89. The number of hydrogen-bond acceptors (Lipinski definition) is 3. The minimum atomic E-state index is -0.399. The van der Waals surface area contributed by atoms with Gasteiger partial charge < -0.3 is 15.2 Å². The van der Waals surface area contributed by atoms with Gasteiger partial charge in [-0.3, -0.25) is 15.0 Å². The Bertz CT molecular complexity index is 559. The van der Waals surface area contributed by atoms with Crippen molar-refractivity contribution < 1.29 is 9.59 Å². The predicted octanol–water partition coefficient (Wildman–Crippen LogP) is 1.93. The van der Waals surface area contributed by atoms with Gasteiger partial charge in [-0.05, 0) is 23.9 Å². The minimum Gasteiger partial charge on any atom is -0.356 e. The molecule has 6 nitrogen and oxygen atoms in total. The number of hydrogen-bond donors (Lipinski definition) is 3. The lowest BCUT2D eigenvalue weighted by molar-refractivity contribution is -0.118. The van der Waals surface area contributed by atoms with Crippen LogP contribution in [0.15, 0.2) is 29.0 Å². The summed E-state index contributed by atoms with van der Waals surface area (Å²) in [6, 6.07) is 1.67. The van der Waals surface area contributed by atoms with Crippen LogP contribution in [0.5, 0.6) is 0 Å². The number of carbonyl (C=O) groups is 2. The number of aryl methyl sites for hydroxylation is 1. The Labute approximate surface area is 132 Å². The van der Waals surface area contributed by atoms with E-state index in [0.29, 0.717) is 18.4 Å². The Morgan fingerprint density at radius 1 is 1.48 bits per heavy atom. The third-order valence-electron chi connectivity index (χ3n) is 2.61. The first-order chi connectivity index (χ1) is 9.88. The van der Waals surface area contributed by atoms with Crippen LogP contribution in [0.4, 0.5) is 0 Å². The second-order valence-corrected chi connectivity index (χ2v) is 5.86. The van der Waals surface area contributed by atoms with E-state index in [1.54, 1.807) is 23.0 Å². The van der Waals surface area contributed by atoms with Crippen molar-refractivity contribution in [3.8, 4) is 0 Å². The Balaban J connectivity index is 2.29. The highest BCUT2D eigenvalue weighted by atomic mass is 79.9. The first kappa shape index (κ1) is 17.2. The van der Waals surface area contributed by atoms with Crippen LogP contribution >= 0.6 is 15.9 Å². The van der Waals surface area contributed by atoms with E-state index in [2.05, 4.69) is 26.6 Å². The molecule has 0 aliphatic carbocycles. The van der Waals surface area contributed by atoms with Crippen LogP contribution in [-0.4, -0.2) is 28.8 Å². The van der Waals surface area contributed by atoms with E-state index in [4.69, 9.17) is 5.41 Å². The van der Waals surface area contributed by atoms with Crippen LogP contribution in [-0.2, 0) is 11.8 Å². The molecule has 1 heterocycles. The van der Waals surface area contributed by atoms with Gasteiger partial charge in [0, 0.05) is 25.9 Å². The monoisotopic (exact) mass is 354 g/mol. The van der Waals surface area contributed by atoms with Crippen LogP contribution in [0, 0.1) is 5.41 Å². The van der Waals surface area contributed by atoms with Crippen molar-refractivity contribution in [3.63, 3.8) is 0 Å². The molecule has 0 unspecified atom stereocenters. The summed E-state index contributed by atoms with van der Waals surface area (Å²) in [6.45, 7) is 1.75. The van der Waals surface area contributed by atoms with E-state index in [-0.39, 0.29) is 18.3 Å². The number of aromatic nitrogens is 1. The fraction of sp³-hybridized carbons (Fsp3) is 0.357. The molecule has 0 aromatic carbocycles. The van der Waals surface area contributed by atoms with E-state index >= 15 is 0 Å². The van der Waals surface area contributed by atoms with Gasteiger partial charge in [0.1, 0.15) is 5.84 Å². The number of nitrogens with zero attached hydrogens (tertiary/aromatic N) is 1. The van der Waals surface area contributed by atoms with Crippen molar-refractivity contribution in [2.75, 3.05) is 6.54 Å². The number of amides is 2. The summed E-state index contributed by atoms with van der Waals surface area (Å²) >= 11 is 3.29. The average molecular weight is 355 g/mol. The Morgan fingerprint density at radius 2 is 2.19 bits per heavy atom. The van der Waals surface area contributed by atoms with E-state index in [0.717, 1.165) is 4.48 Å². The molecule has 0 spiro atoms. The lowest BCUT2D eigenvalue weighted by Crippen LogP contribution is -2.39. The first-order valence-electron chi connectivity index (χ1n) is 6.48. The zero-order chi connectivity index (χ0) is 15.8.